The van der Waals surface area contributed by atoms with Crippen molar-refractivity contribution in [3.8, 4) is 0 Å². The Hall–Kier alpha value is -1.82. The predicted molar refractivity (Wildman–Crippen MR) is 51.5 cm³/mol. The van der Waals surface area contributed by atoms with Crippen LogP contribution in [0, 0.1) is 0 Å². The highest BCUT2D eigenvalue weighted by molar-refractivity contribution is 6.02. The number of carbonyl (C=O) groups excluding carboxylic acids is 1. The molecular formula is C8H12N4O2. The Bertz CT molecular complexity index is 343. The van der Waals surface area contributed by atoms with Crippen LogP contribution in [0.4, 0.5) is 0 Å². The van der Waals surface area contributed by atoms with Gasteiger partial charge in [0.1, 0.15) is 5.70 Å². The van der Waals surface area contributed by atoms with Crippen LogP contribution in [-0.4, -0.2) is 23.8 Å². The van der Waals surface area contributed by atoms with Gasteiger partial charge >= 0.3 is 5.97 Å². The van der Waals surface area contributed by atoms with E-state index < -0.39 is 5.97 Å². The van der Waals surface area contributed by atoms with E-state index in [1.54, 1.807) is 6.92 Å². The van der Waals surface area contributed by atoms with Crippen LogP contribution in [0.1, 0.15) is 6.92 Å². The predicted octanol–water partition coefficient (Wildman–Crippen LogP) is -0.549. The van der Waals surface area contributed by atoms with Crippen molar-refractivity contribution in [3.05, 3.63) is 23.8 Å². The summed E-state index contributed by atoms with van der Waals surface area (Å²) in [6.07, 6.45) is 2.75. The van der Waals surface area contributed by atoms with Gasteiger partial charge in [-0.3, -0.25) is 5.01 Å². The summed E-state index contributed by atoms with van der Waals surface area (Å²) in [5, 5.41) is 1.08. The number of carbonyl (C=O) groups is 1. The van der Waals surface area contributed by atoms with E-state index in [1.165, 1.54) is 19.4 Å². The Labute approximate surface area is 81.5 Å². The van der Waals surface area contributed by atoms with E-state index in [0.717, 1.165) is 5.01 Å². The number of rotatable bonds is 1. The number of nitrogens with zero attached hydrogens (tertiary/aromatic N) is 2. The lowest BCUT2D eigenvalue weighted by Gasteiger charge is -2.23. The van der Waals surface area contributed by atoms with E-state index in [2.05, 4.69) is 9.73 Å². The van der Waals surface area contributed by atoms with E-state index in [1.807, 2.05) is 0 Å². The topological polar surface area (TPSA) is 93.9 Å². The van der Waals surface area contributed by atoms with Crippen molar-refractivity contribution in [1.82, 2.24) is 5.01 Å². The standard InChI is InChI=1S/C8H12N4O2/c1-5-3-6(8(13)14-2)12(10)7(4-9)11-5/h3-4H,9-10H2,1-2H3/b7-4-. The molecule has 0 aromatic rings. The minimum atomic E-state index is -0.527. The molecule has 0 radical (unpaired) electrons. The number of nitrogens with two attached hydrogens (primary N) is 2. The van der Waals surface area contributed by atoms with Gasteiger partial charge in [0.2, 0.25) is 0 Å². The van der Waals surface area contributed by atoms with Gasteiger partial charge in [0.25, 0.3) is 0 Å². The molecular weight excluding hydrogens is 184 g/mol. The zero-order valence-electron chi connectivity index (χ0n) is 8.02. The first-order valence-electron chi connectivity index (χ1n) is 3.92. The van der Waals surface area contributed by atoms with Crippen LogP contribution >= 0.6 is 0 Å². The molecule has 1 aliphatic heterocycles. The third-order valence-electron chi connectivity index (χ3n) is 1.69. The van der Waals surface area contributed by atoms with Gasteiger partial charge in [-0.25, -0.2) is 15.6 Å². The Morgan fingerprint density at radius 2 is 2.36 bits per heavy atom. The number of aliphatic imine (C=N–C) groups is 1. The first kappa shape index (κ1) is 10.3. The van der Waals surface area contributed by atoms with Crippen LogP contribution in [0.25, 0.3) is 0 Å². The number of allylic oxidation sites excluding steroid dienone is 1. The molecule has 0 bridgehead atoms. The molecule has 0 saturated heterocycles. The summed E-state index contributed by atoms with van der Waals surface area (Å²) in [6, 6.07) is 0. The minimum Gasteiger partial charge on any atom is -0.464 e. The quantitative estimate of drug-likeness (QED) is 0.433. The van der Waals surface area contributed by atoms with Gasteiger partial charge < -0.3 is 10.5 Å². The Balaban J connectivity index is 3.07. The van der Waals surface area contributed by atoms with Crippen molar-refractivity contribution < 1.29 is 9.53 Å². The third kappa shape index (κ3) is 1.74. The zero-order valence-corrected chi connectivity index (χ0v) is 8.02. The summed E-state index contributed by atoms with van der Waals surface area (Å²) >= 11 is 0. The average molecular weight is 196 g/mol. The lowest BCUT2D eigenvalue weighted by atomic mass is 10.2. The molecule has 6 heteroatoms. The molecule has 0 fully saturated rings. The van der Waals surface area contributed by atoms with Gasteiger partial charge in [-0.1, -0.05) is 0 Å². The van der Waals surface area contributed by atoms with Gasteiger partial charge in [0.05, 0.1) is 7.11 Å². The smallest absolute Gasteiger partial charge is 0.356 e. The summed E-state index contributed by atoms with van der Waals surface area (Å²) < 4.78 is 4.55. The molecule has 0 spiro atoms. The highest BCUT2D eigenvalue weighted by Crippen LogP contribution is 2.15. The monoisotopic (exact) mass is 196 g/mol. The van der Waals surface area contributed by atoms with E-state index in [4.69, 9.17) is 11.6 Å². The number of ether oxygens (including phenoxy) is 1. The van der Waals surface area contributed by atoms with Gasteiger partial charge in [0, 0.05) is 11.9 Å². The summed E-state index contributed by atoms with van der Waals surface area (Å²) in [5.41, 5.74) is 6.14. The van der Waals surface area contributed by atoms with E-state index in [9.17, 15) is 4.79 Å². The minimum absolute atomic E-state index is 0.205. The summed E-state index contributed by atoms with van der Waals surface area (Å²) in [6.45, 7) is 1.74. The van der Waals surface area contributed by atoms with E-state index in [0.29, 0.717) is 11.5 Å². The number of hydrazine groups is 1. The highest BCUT2D eigenvalue weighted by atomic mass is 16.5. The molecule has 14 heavy (non-hydrogen) atoms. The van der Waals surface area contributed by atoms with Crippen molar-refractivity contribution in [2.24, 2.45) is 16.6 Å². The van der Waals surface area contributed by atoms with Gasteiger partial charge in [-0.15, -0.1) is 0 Å². The van der Waals surface area contributed by atoms with Crippen molar-refractivity contribution in [2.75, 3.05) is 7.11 Å². The first-order chi connectivity index (χ1) is 6.60. The fourth-order valence-electron chi connectivity index (χ4n) is 1.04. The van der Waals surface area contributed by atoms with Crippen LogP contribution in [-0.2, 0) is 9.53 Å². The molecule has 1 aliphatic rings. The molecule has 1 rings (SSSR count). The molecule has 0 atom stereocenters. The maximum atomic E-state index is 11.2. The van der Waals surface area contributed by atoms with Crippen LogP contribution in [0.3, 0.4) is 0 Å². The SMILES string of the molecule is COC(=O)C1=CC(C)=N/C(=C/N)N1N. The number of hydrogen-bond acceptors (Lipinski definition) is 6. The first-order valence-corrected chi connectivity index (χ1v) is 3.92. The summed E-state index contributed by atoms with van der Waals surface area (Å²) in [7, 11) is 1.28. The molecule has 0 unspecified atom stereocenters. The maximum Gasteiger partial charge on any atom is 0.356 e. The molecule has 0 aromatic carbocycles. The molecule has 0 aromatic heterocycles. The van der Waals surface area contributed by atoms with Crippen molar-refractivity contribution in [1.29, 1.82) is 0 Å². The second-order valence-corrected chi connectivity index (χ2v) is 2.67. The second kappa shape index (κ2) is 3.93. The van der Waals surface area contributed by atoms with Crippen molar-refractivity contribution in [3.63, 3.8) is 0 Å². The molecule has 0 amide bonds. The van der Waals surface area contributed by atoms with Crippen LogP contribution < -0.4 is 11.6 Å². The van der Waals surface area contributed by atoms with Crippen LogP contribution in [0.15, 0.2) is 28.8 Å². The Morgan fingerprint density at radius 1 is 1.71 bits per heavy atom. The lowest BCUT2D eigenvalue weighted by molar-refractivity contribution is -0.137. The van der Waals surface area contributed by atoms with Crippen LogP contribution in [0.2, 0.25) is 0 Å². The molecule has 1 heterocycles. The largest absolute Gasteiger partial charge is 0.464 e. The normalized spacial score (nSPS) is 19.1. The second-order valence-electron chi connectivity index (χ2n) is 2.67. The number of esters is 1. The Kier molecular flexibility index (Phi) is 2.88. The van der Waals surface area contributed by atoms with E-state index in [-0.39, 0.29) is 5.70 Å². The fourth-order valence-corrected chi connectivity index (χ4v) is 1.04. The van der Waals surface area contributed by atoms with Crippen LogP contribution in [0.5, 0.6) is 0 Å². The number of hydrogen-bond donors (Lipinski definition) is 2. The molecule has 0 saturated carbocycles. The average Bonchev–Trinajstić information content (AvgIpc) is 2.19. The molecule has 4 N–H and O–H groups in total. The van der Waals surface area contributed by atoms with Crippen molar-refractivity contribution >= 4 is 11.7 Å². The van der Waals surface area contributed by atoms with Gasteiger partial charge in [-0.2, -0.15) is 0 Å². The summed E-state index contributed by atoms with van der Waals surface area (Å²) in [4.78, 5) is 15.3. The zero-order chi connectivity index (χ0) is 10.7. The molecule has 6 nitrogen and oxygen atoms in total. The lowest BCUT2D eigenvalue weighted by Crippen LogP contribution is -2.36. The van der Waals surface area contributed by atoms with E-state index >= 15 is 0 Å². The fraction of sp³-hybridized carbons (Fsp3) is 0.250. The summed E-state index contributed by atoms with van der Waals surface area (Å²) in [5.74, 6) is 5.37. The van der Waals surface area contributed by atoms with Gasteiger partial charge in [0.15, 0.2) is 5.82 Å². The third-order valence-corrected chi connectivity index (χ3v) is 1.69. The van der Waals surface area contributed by atoms with Crippen molar-refractivity contribution in [2.45, 2.75) is 6.92 Å². The number of methoxy groups -OCH3 is 1. The van der Waals surface area contributed by atoms with Gasteiger partial charge in [-0.05, 0) is 13.0 Å². The molecule has 76 valence electrons. The maximum absolute atomic E-state index is 11.2. The molecule has 0 aliphatic carbocycles. The Morgan fingerprint density at radius 3 is 2.86 bits per heavy atom. The highest BCUT2D eigenvalue weighted by Gasteiger charge is 2.22.